The van der Waals surface area contributed by atoms with Crippen molar-refractivity contribution in [2.75, 3.05) is 0 Å². The molecule has 0 saturated carbocycles. The molecule has 71 valence electrons. The molecule has 0 aliphatic carbocycles. The maximum Gasteiger partial charge on any atom is 0.115 e. The lowest BCUT2D eigenvalue weighted by atomic mass is 9.95. The molecule has 1 aromatic heterocycles. The summed E-state index contributed by atoms with van der Waals surface area (Å²) in [6.07, 6.45) is 1.71. The molecule has 0 spiro atoms. The predicted molar refractivity (Wildman–Crippen MR) is 57.0 cm³/mol. The predicted octanol–water partition coefficient (Wildman–Crippen LogP) is 3.58. The zero-order valence-corrected chi connectivity index (χ0v) is 8.45. The summed E-state index contributed by atoms with van der Waals surface area (Å²) in [5.41, 5.74) is 2.53. The smallest absolute Gasteiger partial charge is 0.115 e. The minimum atomic E-state index is 0.944. The third-order valence-corrected chi connectivity index (χ3v) is 2.44. The quantitative estimate of drug-likeness (QED) is 0.697. The third kappa shape index (κ3) is 1.58. The van der Waals surface area contributed by atoms with Gasteiger partial charge in [0.2, 0.25) is 0 Å². The van der Waals surface area contributed by atoms with E-state index < -0.39 is 0 Å². The molecule has 0 aliphatic rings. The molecule has 14 heavy (non-hydrogen) atoms. The van der Waals surface area contributed by atoms with Gasteiger partial charge in [-0.1, -0.05) is 24.3 Å². The molecular weight excluding hydrogens is 172 g/mol. The van der Waals surface area contributed by atoms with Crippen LogP contribution in [0.4, 0.5) is 0 Å². The Morgan fingerprint density at radius 3 is 2.50 bits per heavy atom. The number of hydrogen-bond donors (Lipinski definition) is 0. The summed E-state index contributed by atoms with van der Waals surface area (Å²) < 4.78 is 5.37. The fraction of sp³-hybridized carbons (Fsp3) is 0.154. The van der Waals surface area contributed by atoms with Gasteiger partial charge in [0, 0.05) is 0 Å². The van der Waals surface area contributed by atoms with E-state index in [0.29, 0.717) is 0 Å². The first-order valence-electron chi connectivity index (χ1n) is 4.72. The summed E-state index contributed by atoms with van der Waals surface area (Å²) in [5, 5.41) is 0. The molecule has 1 heteroatoms. The van der Waals surface area contributed by atoms with Crippen LogP contribution in [-0.4, -0.2) is 0 Å². The highest BCUT2D eigenvalue weighted by atomic mass is 16.3. The molecule has 0 aliphatic heterocycles. The summed E-state index contributed by atoms with van der Waals surface area (Å²) in [6, 6.07) is 12.2. The van der Waals surface area contributed by atoms with Gasteiger partial charge in [0.25, 0.3) is 0 Å². The molecule has 1 radical (unpaired) electrons. The van der Waals surface area contributed by atoms with Crippen LogP contribution in [0.5, 0.6) is 0 Å². The van der Waals surface area contributed by atoms with E-state index in [4.69, 9.17) is 4.42 Å². The fourth-order valence-corrected chi connectivity index (χ4v) is 1.62. The van der Waals surface area contributed by atoms with Crippen molar-refractivity contribution in [1.29, 1.82) is 0 Å². The van der Waals surface area contributed by atoms with Crippen LogP contribution < -0.4 is 0 Å². The number of rotatable bonds is 2. The van der Waals surface area contributed by atoms with E-state index in [1.807, 2.05) is 18.2 Å². The second kappa shape index (κ2) is 3.70. The number of aryl methyl sites for hydroxylation is 1. The van der Waals surface area contributed by atoms with Crippen molar-refractivity contribution in [3.05, 3.63) is 65.5 Å². The van der Waals surface area contributed by atoms with Crippen LogP contribution in [-0.2, 0) is 0 Å². The molecule has 1 nitrogen and oxygen atoms in total. The maximum atomic E-state index is 5.37. The Morgan fingerprint density at radius 2 is 1.86 bits per heavy atom. The summed E-state index contributed by atoms with van der Waals surface area (Å²) in [6.45, 7) is 4.20. The van der Waals surface area contributed by atoms with Gasteiger partial charge in [-0.2, -0.15) is 0 Å². The highest BCUT2D eigenvalue weighted by molar-refractivity contribution is 5.44. The highest BCUT2D eigenvalue weighted by Gasteiger charge is 2.13. The Hall–Kier alpha value is -1.50. The minimum Gasteiger partial charge on any atom is -0.468 e. The van der Waals surface area contributed by atoms with Crippen molar-refractivity contribution in [3.63, 3.8) is 0 Å². The van der Waals surface area contributed by atoms with E-state index in [9.17, 15) is 0 Å². The zero-order chi connectivity index (χ0) is 9.97. The second-order valence-electron chi connectivity index (χ2n) is 3.42. The maximum absolute atomic E-state index is 5.37. The fourth-order valence-electron chi connectivity index (χ4n) is 1.62. The Labute approximate surface area is 84.4 Å². The molecule has 0 fully saturated rings. The third-order valence-electron chi connectivity index (χ3n) is 2.44. The first-order valence-corrected chi connectivity index (χ1v) is 4.72. The van der Waals surface area contributed by atoms with Gasteiger partial charge >= 0.3 is 0 Å². The topological polar surface area (TPSA) is 13.1 Å². The minimum absolute atomic E-state index is 0.944. The molecule has 1 aromatic carbocycles. The van der Waals surface area contributed by atoms with Crippen molar-refractivity contribution in [3.8, 4) is 0 Å². The first kappa shape index (κ1) is 9.07. The van der Waals surface area contributed by atoms with E-state index in [0.717, 1.165) is 5.76 Å². The van der Waals surface area contributed by atoms with Gasteiger partial charge in [-0.05, 0) is 37.1 Å². The molecule has 0 saturated heterocycles. The van der Waals surface area contributed by atoms with E-state index >= 15 is 0 Å². The van der Waals surface area contributed by atoms with Crippen LogP contribution in [0, 0.1) is 12.8 Å². The molecule has 0 amide bonds. The van der Waals surface area contributed by atoms with Crippen molar-refractivity contribution in [1.82, 2.24) is 0 Å². The Balaban J connectivity index is 2.37. The van der Waals surface area contributed by atoms with Crippen molar-refractivity contribution in [2.24, 2.45) is 0 Å². The van der Waals surface area contributed by atoms with Gasteiger partial charge in [-0.15, -0.1) is 0 Å². The van der Waals surface area contributed by atoms with Crippen LogP contribution in [0.25, 0.3) is 0 Å². The molecule has 0 bridgehead atoms. The molecule has 0 N–H and O–H groups in total. The van der Waals surface area contributed by atoms with Crippen LogP contribution in [0.3, 0.4) is 0 Å². The first-order chi connectivity index (χ1) is 6.79. The molecule has 1 heterocycles. The lowest BCUT2D eigenvalue weighted by molar-refractivity contribution is 0.530. The molecule has 0 atom stereocenters. The number of benzene rings is 1. The number of furan rings is 1. The van der Waals surface area contributed by atoms with Gasteiger partial charge in [-0.25, -0.2) is 0 Å². The van der Waals surface area contributed by atoms with E-state index in [1.54, 1.807) is 6.26 Å². The number of hydrogen-bond acceptors (Lipinski definition) is 1. The van der Waals surface area contributed by atoms with Crippen LogP contribution in [0.1, 0.15) is 23.8 Å². The summed E-state index contributed by atoms with van der Waals surface area (Å²) in [5.74, 6) is 2.13. The molecular formula is C13H13O. The normalized spacial score (nSPS) is 10.8. The molecule has 2 aromatic rings. The van der Waals surface area contributed by atoms with Gasteiger partial charge in [-0.3, -0.25) is 0 Å². The van der Waals surface area contributed by atoms with Crippen LogP contribution in [0.15, 0.2) is 47.1 Å². The molecule has 0 unspecified atom stereocenters. The SMILES string of the molecule is C[C](c1ccco1)c1ccccc1C. The Morgan fingerprint density at radius 1 is 1.07 bits per heavy atom. The molecule has 2 rings (SSSR count). The van der Waals surface area contributed by atoms with E-state index in [1.165, 1.54) is 17.0 Å². The largest absolute Gasteiger partial charge is 0.468 e. The second-order valence-corrected chi connectivity index (χ2v) is 3.42. The monoisotopic (exact) mass is 185 g/mol. The van der Waals surface area contributed by atoms with Gasteiger partial charge in [0.05, 0.1) is 12.2 Å². The van der Waals surface area contributed by atoms with Crippen molar-refractivity contribution >= 4 is 0 Å². The van der Waals surface area contributed by atoms with E-state index in [2.05, 4.69) is 32.0 Å². The van der Waals surface area contributed by atoms with E-state index in [-0.39, 0.29) is 0 Å². The lowest BCUT2D eigenvalue weighted by Gasteiger charge is -2.10. The van der Waals surface area contributed by atoms with Gasteiger partial charge < -0.3 is 4.42 Å². The summed E-state index contributed by atoms with van der Waals surface area (Å²) in [4.78, 5) is 0. The summed E-state index contributed by atoms with van der Waals surface area (Å²) >= 11 is 0. The highest BCUT2D eigenvalue weighted by Crippen LogP contribution is 2.25. The Bertz CT molecular complexity index is 401. The van der Waals surface area contributed by atoms with Crippen molar-refractivity contribution in [2.45, 2.75) is 13.8 Å². The Kier molecular flexibility index (Phi) is 2.40. The van der Waals surface area contributed by atoms with Gasteiger partial charge in [0.1, 0.15) is 5.76 Å². The van der Waals surface area contributed by atoms with Crippen molar-refractivity contribution < 1.29 is 4.42 Å². The zero-order valence-electron chi connectivity index (χ0n) is 8.45. The van der Waals surface area contributed by atoms with Crippen LogP contribution >= 0.6 is 0 Å². The lowest BCUT2D eigenvalue weighted by Crippen LogP contribution is -1.97. The van der Waals surface area contributed by atoms with Gasteiger partial charge in [0.15, 0.2) is 0 Å². The van der Waals surface area contributed by atoms with Crippen LogP contribution in [0.2, 0.25) is 0 Å². The average Bonchev–Trinajstić information content (AvgIpc) is 2.70. The average molecular weight is 185 g/mol. The standard InChI is InChI=1S/C13H13O/c1-10-6-3-4-7-12(10)11(2)13-8-5-9-14-13/h3-9H,1-2H3. The summed E-state index contributed by atoms with van der Waals surface area (Å²) in [7, 11) is 0.